The number of benzene rings is 1. The van der Waals surface area contributed by atoms with Gasteiger partial charge in [-0.05, 0) is 30.5 Å². The molecule has 2 N–H and O–H groups in total. The molecule has 2 aromatic heterocycles. The van der Waals surface area contributed by atoms with Crippen LogP contribution >= 0.6 is 0 Å². The first kappa shape index (κ1) is 24.6. The third-order valence-electron chi connectivity index (χ3n) is 5.11. The molecular formula is C21H21F4N7O2S. The first-order valence-corrected chi connectivity index (χ1v) is 12.3. The number of alkyl halides is 3. The molecule has 1 saturated carbocycles. The molecule has 1 aromatic carbocycles. The van der Waals surface area contributed by atoms with Crippen molar-refractivity contribution in [1.29, 1.82) is 0 Å². The Morgan fingerprint density at radius 2 is 1.69 bits per heavy atom. The zero-order valence-electron chi connectivity index (χ0n) is 18.4. The molecule has 3 aromatic rings. The summed E-state index contributed by atoms with van der Waals surface area (Å²) < 4.78 is 78.4. The zero-order chi connectivity index (χ0) is 25.2. The van der Waals surface area contributed by atoms with Gasteiger partial charge in [0.25, 0.3) is 0 Å². The molecule has 0 unspecified atom stereocenters. The standard InChI is InChI=1S/C21H21F4N7O2S/c1-35(33,34)31-20-27-9-14(10-28-20)8-26-18-17(22)19(30-12-29-18)32(16-6-7-16)11-13-2-4-15(5-3-13)21(23,24)25/h2-5,9-10,12,16H,6-8,11H2,1H3,(H,26,29,30)(H,27,28,31). The third kappa shape index (κ3) is 6.53. The van der Waals surface area contributed by atoms with Crippen LogP contribution in [-0.2, 0) is 29.3 Å². The van der Waals surface area contributed by atoms with E-state index in [0.29, 0.717) is 11.1 Å². The van der Waals surface area contributed by atoms with E-state index in [9.17, 15) is 21.6 Å². The van der Waals surface area contributed by atoms with Gasteiger partial charge in [-0.2, -0.15) is 17.6 Å². The van der Waals surface area contributed by atoms with E-state index in [1.807, 2.05) is 0 Å². The van der Waals surface area contributed by atoms with Crippen molar-refractivity contribution in [3.63, 3.8) is 0 Å². The van der Waals surface area contributed by atoms with Gasteiger partial charge in [0.05, 0.1) is 11.8 Å². The molecule has 0 bridgehead atoms. The summed E-state index contributed by atoms with van der Waals surface area (Å²) in [6.45, 7) is 0.299. The minimum Gasteiger partial charge on any atom is -0.363 e. The molecule has 14 heteroatoms. The van der Waals surface area contributed by atoms with Crippen molar-refractivity contribution in [2.45, 2.75) is 38.1 Å². The van der Waals surface area contributed by atoms with E-state index in [2.05, 4.69) is 30.0 Å². The van der Waals surface area contributed by atoms with Crippen LogP contribution in [0.1, 0.15) is 29.5 Å². The van der Waals surface area contributed by atoms with E-state index < -0.39 is 27.6 Å². The van der Waals surface area contributed by atoms with Gasteiger partial charge in [0, 0.05) is 37.1 Å². The molecule has 0 radical (unpaired) electrons. The van der Waals surface area contributed by atoms with Crippen LogP contribution in [0.5, 0.6) is 0 Å². The van der Waals surface area contributed by atoms with Crippen LogP contribution in [0.25, 0.3) is 0 Å². The fourth-order valence-electron chi connectivity index (χ4n) is 3.29. The van der Waals surface area contributed by atoms with E-state index in [1.165, 1.54) is 30.9 Å². The molecule has 0 saturated heterocycles. The lowest BCUT2D eigenvalue weighted by molar-refractivity contribution is -0.137. The number of anilines is 3. The minimum absolute atomic E-state index is 0.0258. The molecular weight excluding hydrogens is 490 g/mol. The molecule has 4 rings (SSSR count). The SMILES string of the molecule is CS(=O)(=O)Nc1ncc(CNc2ncnc(N(Cc3ccc(C(F)(F)F)cc3)C3CC3)c2F)cn1. The Labute approximate surface area is 198 Å². The van der Waals surface area contributed by atoms with Gasteiger partial charge in [-0.3, -0.25) is 4.72 Å². The lowest BCUT2D eigenvalue weighted by Crippen LogP contribution is -2.27. The molecule has 1 fully saturated rings. The molecule has 35 heavy (non-hydrogen) atoms. The number of aromatic nitrogens is 4. The van der Waals surface area contributed by atoms with Crippen molar-refractivity contribution in [2.75, 3.05) is 21.2 Å². The predicted molar refractivity (Wildman–Crippen MR) is 120 cm³/mol. The minimum atomic E-state index is -4.43. The first-order chi connectivity index (χ1) is 16.5. The second-order valence-electron chi connectivity index (χ2n) is 8.06. The highest BCUT2D eigenvalue weighted by Crippen LogP contribution is 2.35. The summed E-state index contributed by atoms with van der Waals surface area (Å²) >= 11 is 0. The Morgan fingerprint density at radius 3 is 2.26 bits per heavy atom. The molecule has 186 valence electrons. The third-order valence-corrected chi connectivity index (χ3v) is 5.66. The van der Waals surface area contributed by atoms with Crippen LogP contribution in [0, 0.1) is 5.82 Å². The van der Waals surface area contributed by atoms with E-state index in [0.717, 1.165) is 31.2 Å². The average Bonchev–Trinajstić information content (AvgIpc) is 3.62. The maximum absolute atomic E-state index is 15.3. The van der Waals surface area contributed by atoms with Gasteiger partial charge < -0.3 is 10.2 Å². The zero-order valence-corrected chi connectivity index (χ0v) is 19.2. The Morgan fingerprint density at radius 1 is 1.03 bits per heavy atom. The van der Waals surface area contributed by atoms with Crippen molar-refractivity contribution >= 4 is 27.6 Å². The first-order valence-electron chi connectivity index (χ1n) is 10.5. The van der Waals surface area contributed by atoms with Crippen LogP contribution in [0.2, 0.25) is 0 Å². The van der Waals surface area contributed by atoms with Gasteiger partial charge >= 0.3 is 6.18 Å². The lowest BCUT2D eigenvalue weighted by Gasteiger charge is -2.24. The summed E-state index contributed by atoms with van der Waals surface area (Å²) in [6, 6.07) is 4.78. The van der Waals surface area contributed by atoms with Crippen molar-refractivity contribution in [3.8, 4) is 0 Å². The van der Waals surface area contributed by atoms with E-state index in [4.69, 9.17) is 0 Å². The van der Waals surface area contributed by atoms with Gasteiger partial charge in [0.2, 0.25) is 21.8 Å². The molecule has 0 spiro atoms. The van der Waals surface area contributed by atoms with Crippen LogP contribution in [0.15, 0.2) is 43.0 Å². The topological polar surface area (TPSA) is 113 Å². The number of hydrogen-bond acceptors (Lipinski definition) is 8. The smallest absolute Gasteiger partial charge is 0.363 e. The number of sulfonamides is 1. The van der Waals surface area contributed by atoms with E-state index in [1.54, 1.807) is 4.90 Å². The molecule has 1 aliphatic carbocycles. The van der Waals surface area contributed by atoms with Crippen molar-refractivity contribution in [2.24, 2.45) is 0 Å². The van der Waals surface area contributed by atoms with E-state index >= 15 is 4.39 Å². The molecule has 0 aliphatic heterocycles. The summed E-state index contributed by atoms with van der Waals surface area (Å²) in [5.41, 5.74) is 0.396. The largest absolute Gasteiger partial charge is 0.416 e. The summed E-state index contributed by atoms with van der Waals surface area (Å²) in [5.74, 6) is -0.794. The molecule has 0 amide bonds. The summed E-state index contributed by atoms with van der Waals surface area (Å²) in [6.07, 6.45) is 2.16. The maximum atomic E-state index is 15.3. The number of hydrogen-bond donors (Lipinski definition) is 2. The second kappa shape index (κ2) is 9.60. The second-order valence-corrected chi connectivity index (χ2v) is 9.80. The number of rotatable bonds is 9. The normalized spacial score (nSPS) is 14.0. The monoisotopic (exact) mass is 511 g/mol. The highest BCUT2D eigenvalue weighted by atomic mass is 32.2. The molecule has 2 heterocycles. The van der Waals surface area contributed by atoms with Gasteiger partial charge in [-0.15, -0.1) is 0 Å². The summed E-state index contributed by atoms with van der Waals surface area (Å²) in [4.78, 5) is 17.5. The van der Waals surface area contributed by atoms with Gasteiger partial charge in [-0.25, -0.2) is 28.4 Å². The van der Waals surface area contributed by atoms with Crippen LogP contribution in [0.4, 0.5) is 35.1 Å². The maximum Gasteiger partial charge on any atom is 0.416 e. The van der Waals surface area contributed by atoms with Gasteiger partial charge in [0.1, 0.15) is 6.33 Å². The Balaban J connectivity index is 1.47. The van der Waals surface area contributed by atoms with Crippen molar-refractivity contribution < 1.29 is 26.0 Å². The van der Waals surface area contributed by atoms with E-state index in [-0.39, 0.29) is 36.7 Å². The quantitative estimate of drug-likeness (QED) is 0.419. The van der Waals surface area contributed by atoms with Crippen LogP contribution in [0.3, 0.4) is 0 Å². The molecule has 9 nitrogen and oxygen atoms in total. The summed E-state index contributed by atoms with van der Waals surface area (Å²) in [5, 5.41) is 2.84. The highest BCUT2D eigenvalue weighted by molar-refractivity contribution is 7.91. The fraction of sp³-hybridized carbons (Fsp3) is 0.333. The Hall–Kier alpha value is -3.55. The lowest BCUT2D eigenvalue weighted by atomic mass is 10.1. The number of nitrogens with zero attached hydrogens (tertiary/aromatic N) is 5. The van der Waals surface area contributed by atoms with Crippen molar-refractivity contribution in [1.82, 2.24) is 19.9 Å². The van der Waals surface area contributed by atoms with Gasteiger partial charge in [0.15, 0.2) is 11.6 Å². The Bertz CT molecular complexity index is 1280. The van der Waals surface area contributed by atoms with Crippen LogP contribution < -0.4 is 14.9 Å². The summed E-state index contributed by atoms with van der Waals surface area (Å²) in [7, 11) is -3.51. The predicted octanol–water partition coefficient (Wildman–Crippen LogP) is 3.58. The Kier molecular flexibility index (Phi) is 6.74. The number of nitrogens with one attached hydrogen (secondary N) is 2. The van der Waals surface area contributed by atoms with Crippen molar-refractivity contribution in [3.05, 3.63) is 65.5 Å². The molecule has 1 aliphatic rings. The highest BCUT2D eigenvalue weighted by Gasteiger charge is 2.33. The molecule has 0 atom stereocenters. The van der Waals surface area contributed by atoms with Crippen LogP contribution in [-0.4, -0.2) is 40.7 Å². The fourth-order valence-corrected chi connectivity index (χ4v) is 3.73. The van der Waals surface area contributed by atoms with Gasteiger partial charge in [-0.1, -0.05) is 12.1 Å². The average molecular weight is 512 g/mol. The number of halogens is 4.